The highest BCUT2D eigenvalue weighted by Crippen LogP contribution is 2.29. The van der Waals surface area contributed by atoms with Crippen molar-refractivity contribution in [1.29, 1.82) is 0 Å². The SMILES string of the molecule is CN(C)CCn1c(Cn2c3ccccc3c3ccccc32)nc2ccccc21. The topological polar surface area (TPSA) is 26.0 Å². The summed E-state index contributed by atoms with van der Waals surface area (Å²) in [7, 11) is 4.23. The summed E-state index contributed by atoms with van der Waals surface area (Å²) in [6, 6.07) is 25.8. The molecule has 3 aromatic carbocycles. The van der Waals surface area contributed by atoms with Gasteiger partial charge >= 0.3 is 0 Å². The Morgan fingerprint density at radius 1 is 0.714 bits per heavy atom. The highest BCUT2D eigenvalue weighted by molar-refractivity contribution is 6.08. The molecular formula is C24H24N4. The van der Waals surface area contributed by atoms with E-state index in [0.717, 1.165) is 31.0 Å². The van der Waals surface area contributed by atoms with Crippen LogP contribution in [0, 0.1) is 0 Å². The first-order chi connectivity index (χ1) is 13.7. The van der Waals surface area contributed by atoms with E-state index in [1.54, 1.807) is 0 Å². The van der Waals surface area contributed by atoms with E-state index in [4.69, 9.17) is 4.98 Å². The number of likely N-dealkylation sites (N-methyl/N-ethyl adjacent to an activating group) is 1. The summed E-state index contributed by atoms with van der Waals surface area (Å²) in [6.07, 6.45) is 0. The lowest BCUT2D eigenvalue weighted by atomic mass is 10.2. The second-order valence-corrected chi connectivity index (χ2v) is 7.59. The van der Waals surface area contributed by atoms with Crippen molar-refractivity contribution in [2.75, 3.05) is 20.6 Å². The van der Waals surface area contributed by atoms with Crippen LogP contribution in [-0.4, -0.2) is 39.7 Å². The summed E-state index contributed by atoms with van der Waals surface area (Å²) in [4.78, 5) is 7.22. The van der Waals surface area contributed by atoms with Gasteiger partial charge < -0.3 is 14.0 Å². The first-order valence-corrected chi connectivity index (χ1v) is 9.77. The fourth-order valence-corrected chi connectivity index (χ4v) is 4.11. The summed E-state index contributed by atoms with van der Waals surface area (Å²) >= 11 is 0. The second-order valence-electron chi connectivity index (χ2n) is 7.59. The summed E-state index contributed by atoms with van der Waals surface area (Å²) in [5, 5.41) is 2.60. The number of benzene rings is 3. The molecule has 0 saturated heterocycles. The van der Waals surface area contributed by atoms with Crippen LogP contribution in [0.4, 0.5) is 0 Å². The van der Waals surface area contributed by atoms with Gasteiger partial charge in [-0.15, -0.1) is 0 Å². The summed E-state index contributed by atoms with van der Waals surface area (Å²) in [5.41, 5.74) is 4.79. The van der Waals surface area contributed by atoms with Gasteiger partial charge in [-0.3, -0.25) is 0 Å². The number of hydrogen-bond donors (Lipinski definition) is 0. The van der Waals surface area contributed by atoms with E-state index >= 15 is 0 Å². The number of rotatable bonds is 5. The van der Waals surface area contributed by atoms with Crippen molar-refractivity contribution < 1.29 is 0 Å². The monoisotopic (exact) mass is 368 g/mol. The van der Waals surface area contributed by atoms with Gasteiger partial charge in [0.1, 0.15) is 5.82 Å². The minimum Gasteiger partial charge on any atom is -0.333 e. The van der Waals surface area contributed by atoms with Gasteiger partial charge in [0.25, 0.3) is 0 Å². The third-order valence-corrected chi connectivity index (χ3v) is 5.48. The summed E-state index contributed by atoms with van der Waals surface area (Å²) in [5.74, 6) is 1.11. The van der Waals surface area contributed by atoms with Gasteiger partial charge in [0.05, 0.1) is 17.6 Å². The van der Waals surface area contributed by atoms with Gasteiger partial charge in [-0.25, -0.2) is 4.98 Å². The first kappa shape index (κ1) is 17.0. The van der Waals surface area contributed by atoms with E-state index in [1.165, 1.54) is 27.3 Å². The lowest BCUT2D eigenvalue weighted by molar-refractivity contribution is 0.383. The molecule has 0 saturated carbocycles. The zero-order chi connectivity index (χ0) is 19.1. The van der Waals surface area contributed by atoms with Crippen LogP contribution in [0.1, 0.15) is 5.82 Å². The molecule has 4 nitrogen and oxygen atoms in total. The maximum atomic E-state index is 5.00. The van der Waals surface area contributed by atoms with Crippen molar-refractivity contribution in [3.63, 3.8) is 0 Å². The second kappa shape index (κ2) is 6.80. The van der Waals surface area contributed by atoms with Gasteiger partial charge in [0.15, 0.2) is 0 Å². The minimum absolute atomic E-state index is 0.760. The fraction of sp³-hybridized carbons (Fsp3) is 0.208. The Morgan fingerprint density at radius 2 is 1.29 bits per heavy atom. The van der Waals surface area contributed by atoms with Gasteiger partial charge in [-0.2, -0.15) is 0 Å². The van der Waals surface area contributed by atoms with Gasteiger partial charge in [0, 0.05) is 34.9 Å². The smallest absolute Gasteiger partial charge is 0.129 e. The molecule has 0 aliphatic carbocycles. The van der Waals surface area contributed by atoms with Crippen LogP contribution < -0.4 is 0 Å². The van der Waals surface area contributed by atoms with E-state index in [9.17, 15) is 0 Å². The molecule has 0 aliphatic heterocycles. The molecule has 4 heteroatoms. The molecule has 0 fully saturated rings. The third kappa shape index (κ3) is 2.77. The molecule has 0 unspecified atom stereocenters. The average molecular weight is 368 g/mol. The number of para-hydroxylation sites is 4. The van der Waals surface area contributed by atoms with Crippen LogP contribution in [0.25, 0.3) is 32.8 Å². The number of fused-ring (bicyclic) bond motifs is 4. The highest BCUT2D eigenvalue weighted by Gasteiger charge is 2.15. The molecule has 2 aromatic heterocycles. The van der Waals surface area contributed by atoms with Crippen LogP contribution in [0.5, 0.6) is 0 Å². The average Bonchev–Trinajstić information content (AvgIpc) is 3.23. The van der Waals surface area contributed by atoms with Crippen molar-refractivity contribution >= 4 is 32.8 Å². The normalized spacial score (nSPS) is 12.0. The molecule has 0 spiro atoms. The van der Waals surface area contributed by atoms with Gasteiger partial charge in [-0.1, -0.05) is 48.5 Å². The zero-order valence-electron chi connectivity index (χ0n) is 16.3. The van der Waals surface area contributed by atoms with Crippen LogP contribution in [0.15, 0.2) is 72.8 Å². The molecule has 0 atom stereocenters. The maximum Gasteiger partial charge on any atom is 0.129 e. The van der Waals surface area contributed by atoms with Crippen molar-refractivity contribution in [2.45, 2.75) is 13.1 Å². The Kier molecular flexibility index (Phi) is 4.14. The molecule has 140 valence electrons. The minimum atomic E-state index is 0.760. The molecular weight excluding hydrogens is 344 g/mol. The van der Waals surface area contributed by atoms with E-state index in [1.807, 2.05) is 0 Å². The van der Waals surface area contributed by atoms with Crippen molar-refractivity contribution in [3.05, 3.63) is 78.6 Å². The van der Waals surface area contributed by atoms with Crippen molar-refractivity contribution in [2.24, 2.45) is 0 Å². The predicted molar refractivity (Wildman–Crippen MR) is 117 cm³/mol. The lowest BCUT2D eigenvalue weighted by Gasteiger charge is -2.14. The molecule has 5 aromatic rings. The molecule has 0 bridgehead atoms. The molecule has 2 heterocycles. The van der Waals surface area contributed by atoms with Gasteiger partial charge in [0.2, 0.25) is 0 Å². The Labute approximate surface area is 164 Å². The van der Waals surface area contributed by atoms with Gasteiger partial charge in [-0.05, 0) is 38.4 Å². The van der Waals surface area contributed by atoms with Crippen LogP contribution in [0.2, 0.25) is 0 Å². The number of hydrogen-bond acceptors (Lipinski definition) is 2. The van der Waals surface area contributed by atoms with Crippen LogP contribution in [0.3, 0.4) is 0 Å². The fourth-order valence-electron chi connectivity index (χ4n) is 4.11. The standard InChI is InChI=1S/C24H24N4/c1-26(2)15-16-27-23-14-8-5-11-20(23)25-24(27)17-28-21-12-6-3-9-18(21)19-10-4-7-13-22(19)28/h3-14H,15-17H2,1-2H3. The van der Waals surface area contributed by atoms with E-state index in [-0.39, 0.29) is 0 Å². The third-order valence-electron chi connectivity index (χ3n) is 5.48. The molecule has 0 aliphatic rings. The Balaban J connectivity index is 1.69. The van der Waals surface area contributed by atoms with E-state index in [2.05, 4.69) is 101 Å². The molecule has 28 heavy (non-hydrogen) atoms. The number of nitrogens with zero attached hydrogens (tertiary/aromatic N) is 4. The highest BCUT2D eigenvalue weighted by atomic mass is 15.2. The maximum absolute atomic E-state index is 5.00. The lowest BCUT2D eigenvalue weighted by Crippen LogP contribution is -2.20. The van der Waals surface area contributed by atoms with Crippen molar-refractivity contribution in [3.8, 4) is 0 Å². The first-order valence-electron chi connectivity index (χ1n) is 9.77. The van der Waals surface area contributed by atoms with Crippen LogP contribution >= 0.6 is 0 Å². The molecule has 0 amide bonds. The molecule has 0 radical (unpaired) electrons. The molecule has 0 N–H and O–H groups in total. The number of imidazole rings is 1. The summed E-state index contributed by atoms with van der Waals surface area (Å²) in [6.45, 7) is 2.68. The predicted octanol–water partition coefficient (Wildman–Crippen LogP) is 4.75. The van der Waals surface area contributed by atoms with E-state index < -0.39 is 0 Å². The Hall–Kier alpha value is -3.11. The Bertz CT molecular complexity index is 1220. The zero-order valence-corrected chi connectivity index (χ0v) is 16.3. The number of aromatic nitrogens is 3. The van der Waals surface area contributed by atoms with Crippen LogP contribution in [-0.2, 0) is 13.1 Å². The van der Waals surface area contributed by atoms with Crippen molar-refractivity contribution in [1.82, 2.24) is 19.0 Å². The Morgan fingerprint density at radius 3 is 1.93 bits per heavy atom. The quantitative estimate of drug-likeness (QED) is 0.447. The summed E-state index contributed by atoms with van der Waals surface area (Å²) < 4.78 is 4.77. The molecule has 5 rings (SSSR count). The van der Waals surface area contributed by atoms with E-state index in [0.29, 0.717) is 0 Å². The largest absolute Gasteiger partial charge is 0.333 e.